The molecule has 0 unspecified atom stereocenters. The van der Waals surface area contributed by atoms with E-state index in [2.05, 4.69) is 50.1 Å². The predicted octanol–water partition coefficient (Wildman–Crippen LogP) is 2.67. The number of hydrogen-bond donors (Lipinski definition) is 1. The van der Waals surface area contributed by atoms with Gasteiger partial charge in [-0.1, -0.05) is 12.1 Å². The smallest absolute Gasteiger partial charge is 0.237 e. The van der Waals surface area contributed by atoms with Crippen LogP contribution in [0.5, 0.6) is 0 Å². The molecular formula is C18H25N3OS2. The lowest BCUT2D eigenvalue weighted by atomic mass is 10.2. The third-order valence-electron chi connectivity index (χ3n) is 4.54. The predicted molar refractivity (Wildman–Crippen MR) is 102 cm³/mol. The molecule has 0 aromatic carbocycles. The molecule has 0 spiro atoms. The number of nitrogens with one attached hydrogen (secondary N) is 1. The van der Waals surface area contributed by atoms with Crippen molar-refractivity contribution in [2.24, 2.45) is 0 Å². The molecule has 0 radical (unpaired) electrons. The monoisotopic (exact) mass is 363 g/mol. The summed E-state index contributed by atoms with van der Waals surface area (Å²) in [5.41, 5.74) is 0. The summed E-state index contributed by atoms with van der Waals surface area (Å²) >= 11 is 3.56. The van der Waals surface area contributed by atoms with Gasteiger partial charge in [0.05, 0.1) is 6.04 Å². The molecule has 4 nitrogen and oxygen atoms in total. The maximum Gasteiger partial charge on any atom is 0.237 e. The van der Waals surface area contributed by atoms with Crippen molar-refractivity contribution in [2.75, 3.05) is 32.7 Å². The largest absolute Gasteiger partial charge is 0.354 e. The molecule has 0 bridgehead atoms. The van der Waals surface area contributed by atoms with Crippen LogP contribution < -0.4 is 5.32 Å². The Morgan fingerprint density at radius 2 is 1.79 bits per heavy atom. The summed E-state index contributed by atoms with van der Waals surface area (Å²) in [4.78, 5) is 19.9. The van der Waals surface area contributed by atoms with Crippen molar-refractivity contribution in [1.82, 2.24) is 15.1 Å². The molecule has 3 heterocycles. The van der Waals surface area contributed by atoms with Gasteiger partial charge >= 0.3 is 0 Å². The highest BCUT2D eigenvalue weighted by molar-refractivity contribution is 7.10. The van der Waals surface area contributed by atoms with Crippen LogP contribution in [0.3, 0.4) is 0 Å². The SMILES string of the molecule is C[C@@H](C(=O)NCCc1cccs1)N1CCN(Cc2cccs2)CC1. The Hall–Kier alpha value is -1.21. The van der Waals surface area contributed by atoms with Crippen LogP contribution in [0.15, 0.2) is 35.0 Å². The summed E-state index contributed by atoms with van der Waals surface area (Å²) in [6, 6.07) is 8.43. The molecule has 1 N–H and O–H groups in total. The van der Waals surface area contributed by atoms with Crippen LogP contribution in [0.25, 0.3) is 0 Å². The van der Waals surface area contributed by atoms with Crippen molar-refractivity contribution in [3.05, 3.63) is 44.8 Å². The lowest BCUT2D eigenvalue weighted by Crippen LogP contribution is -2.53. The van der Waals surface area contributed by atoms with Crippen molar-refractivity contribution < 1.29 is 4.79 Å². The minimum Gasteiger partial charge on any atom is -0.354 e. The molecule has 1 aliphatic heterocycles. The van der Waals surface area contributed by atoms with Gasteiger partial charge in [0.1, 0.15) is 0 Å². The van der Waals surface area contributed by atoms with E-state index in [4.69, 9.17) is 0 Å². The number of nitrogens with zero attached hydrogens (tertiary/aromatic N) is 2. The van der Waals surface area contributed by atoms with E-state index in [0.29, 0.717) is 0 Å². The third kappa shape index (κ3) is 4.89. The quantitative estimate of drug-likeness (QED) is 0.821. The van der Waals surface area contributed by atoms with E-state index in [9.17, 15) is 4.79 Å². The average molecular weight is 364 g/mol. The summed E-state index contributed by atoms with van der Waals surface area (Å²) in [6.07, 6.45) is 0.921. The van der Waals surface area contributed by atoms with E-state index in [0.717, 1.165) is 45.7 Å². The van der Waals surface area contributed by atoms with Gasteiger partial charge < -0.3 is 5.32 Å². The number of rotatable bonds is 7. The lowest BCUT2D eigenvalue weighted by Gasteiger charge is -2.37. The Labute approximate surface area is 152 Å². The van der Waals surface area contributed by atoms with Crippen molar-refractivity contribution in [1.29, 1.82) is 0 Å². The van der Waals surface area contributed by atoms with E-state index in [1.165, 1.54) is 9.75 Å². The molecule has 1 atom stereocenters. The minimum atomic E-state index is -0.0442. The molecule has 24 heavy (non-hydrogen) atoms. The van der Waals surface area contributed by atoms with Crippen LogP contribution in [0.1, 0.15) is 16.7 Å². The Kier molecular flexibility index (Phi) is 6.43. The fraction of sp³-hybridized carbons (Fsp3) is 0.500. The fourth-order valence-corrected chi connectivity index (χ4v) is 4.46. The first-order valence-electron chi connectivity index (χ1n) is 8.51. The van der Waals surface area contributed by atoms with Crippen LogP contribution >= 0.6 is 22.7 Å². The highest BCUT2D eigenvalue weighted by Crippen LogP contribution is 2.14. The molecule has 6 heteroatoms. The maximum atomic E-state index is 12.3. The molecule has 0 aliphatic carbocycles. The molecule has 3 rings (SSSR count). The van der Waals surface area contributed by atoms with Crippen molar-refractivity contribution in [3.8, 4) is 0 Å². The summed E-state index contributed by atoms with van der Waals surface area (Å²) in [6.45, 7) is 7.77. The Morgan fingerprint density at radius 1 is 1.12 bits per heavy atom. The molecule has 1 fully saturated rings. The van der Waals surface area contributed by atoms with E-state index >= 15 is 0 Å². The topological polar surface area (TPSA) is 35.6 Å². The van der Waals surface area contributed by atoms with Gasteiger partial charge in [-0.2, -0.15) is 0 Å². The zero-order valence-corrected chi connectivity index (χ0v) is 15.7. The van der Waals surface area contributed by atoms with Crippen molar-refractivity contribution in [2.45, 2.75) is 25.9 Å². The fourth-order valence-electron chi connectivity index (χ4n) is 3.01. The second-order valence-corrected chi connectivity index (χ2v) is 8.25. The number of piperazine rings is 1. The molecule has 2 aromatic rings. The van der Waals surface area contributed by atoms with E-state index < -0.39 is 0 Å². The highest BCUT2D eigenvalue weighted by Gasteiger charge is 2.25. The zero-order chi connectivity index (χ0) is 16.8. The number of amides is 1. The molecule has 1 aliphatic rings. The minimum absolute atomic E-state index is 0.0442. The molecular weight excluding hydrogens is 338 g/mol. The molecule has 1 amide bonds. The second kappa shape index (κ2) is 8.76. The average Bonchev–Trinajstić information content (AvgIpc) is 3.29. The molecule has 0 saturated carbocycles. The van der Waals surface area contributed by atoms with Gasteiger partial charge in [-0.25, -0.2) is 0 Å². The summed E-state index contributed by atoms with van der Waals surface area (Å²) < 4.78 is 0. The Bertz CT molecular complexity index is 604. The van der Waals surface area contributed by atoms with Gasteiger partial charge in [-0.3, -0.25) is 14.6 Å². The normalized spacial score (nSPS) is 17.7. The highest BCUT2D eigenvalue weighted by atomic mass is 32.1. The van der Waals surface area contributed by atoms with Crippen molar-refractivity contribution >= 4 is 28.6 Å². The van der Waals surface area contributed by atoms with E-state index in [-0.39, 0.29) is 11.9 Å². The van der Waals surface area contributed by atoms with Gasteiger partial charge in [0.25, 0.3) is 0 Å². The number of carbonyl (C=O) groups excluding carboxylic acids is 1. The van der Waals surface area contributed by atoms with Gasteiger partial charge in [0, 0.05) is 49.0 Å². The lowest BCUT2D eigenvalue weighted by molar-refractivity contribution is -0.126. The van der Waals surface area contributed by atoms with Crippen LogP contribution in [-0.4, -0.2) is 54.5 Å². The van der Waals surface area contributed by atoms with Gasteiger partial charge in [0.15, 0.2) is 0 Å². The summed E-state index contributed by atoms with van der Waals surface area (Å²) in [5, 5.41) is 7.29. The standard InChI is InChI=1S/C18H25N3OS2/c1-15(18(22)19-7-6-16-4-2-12-23-16)21-10-8-20(9-11-21)14-17-5-3-13-24-17/h2-5,12-13,15H,6-11,14H2,1H3,(H,19,22)/t15-/m0/s1. The molecule has 1 saturated heterocycles. The summed E-state index contributed by atoms with van der Waals surface area (Å²) in [7, 11) is 0. The van der Waals surface area contributed by atoms with E-state index in [1.807, 2.05) is 18.3 Å². The van der Waals surface area contributed by atoms with E-state index in [1.54, 1.807) is 11.3 Å². The van der Waals surface area contributed by atoms with Gasteiger partial charge in [-0.15, -0.1) is 22.7 Å². The Morgan fingerprint density at radius 3 is 2.42 bits per heavy atom. The van der Waals surface area contributed by atoms with Crippen LogP contribution in [0.2, 0.25) is 0 Å². The Balaban J connectivity index is 1.37. The number of thiophene rings is 2. The third-order valence-corrected chi connectivity index (χ3v) is 6.34. The first-order chi connectivity index (χ1) is 11.7. The number of carbonyl (C=O) groups is 1. The number of hydrogen-bond acceptors (Lipinski definition) is 5. The van der Waals surface area contributed by atoms with Crippen LogP contribution in [-0.2, 0) is 17.8 Å². The second-order valence-electron chi connectivity index (χ2n) is 6.19. The van der Waals surface area contributed by atoms with Crippen LogP contribution in [0, 0.1) is 0 Å². The maximum absolute atomic E-state index is 12.3. The van der Waals surface area contributed by atoms with Crippen molar-refractivity contribution in [3.63, 3.8) is 0 Å². The first-order valence-corrected chi connectivity index (χ1v) is 10.3. The van der Waals surface area contributed by atoms with Gasteiger partial charge in [-0.05, 0) is 36.2 Å². The summed E-state index contributed by atoms with van der Waals surface area (Å²) in [5.74, 6) is 0.151. The molecule has 130 valence electrons. The zero-order valence-electron chi connectivity index (χ0n) is 14.1. The van der Waals surface area contributed by atoms with Gasteiger partial charge in [0.2, 0.25) is 5.91 Å². The first kappa shape index (κ1) is 17.6. The van der Waals surface area contributed by atoms with Crippen LogP contribution in [0.4, 0.5) is 0 Å². The molecule has 2 aromatic heterocycles.